The Bertz CT molecular complexity index is 656. The van der Waals surface area contributed by atoms with Gasteiger partial charge in [0.15, 0.2) is 5.75 Å². The summed E-state index contributed by atoms with van der Waals surface area (Å²) >= 11 is 11.9. The Morgan fingerprint density at radius 2 is 2.06 bits per heavy atom. The molecule has 1 aromatic carbocycles. The molecule has 0 aliphatic rings. The molecule has 0 saturated heterocycles. The fraction of sp³-hybridized carbons (Fsp3) is 0.167. The number of nitrogens with zero attached hydrogens (tertiary/aromatic N) is 1. The van der Waals surface area contributed by atoms with Gasteiger partial charge in [0.05, 0.1) is 23.3 Å². The predicted octanol–water partition coefficient (Wildman–Crippen LogP) is 3.56. The van der Waals surface area contributed by atoms with Crippen LogP contribution in [-0.4, -0.2) is 23.2 Å². The van der Waals surface area contributed by atoms with E-state index in [9.17, 15) is 9.90 Å². The monoisotopic (exact) mass is 285 g/mol. The van der Waals surface area contributed by atoms with Gasteiger partial charge >= 0.3 is 5.97 Å². The highest BCUT2D eigenvalue weighted by molar-refractivity contribution is 6.38. The molecule has 0 aliphatic heterocycles. The third-order valence-electron chi connectivity index (χ3n) is 2.55. The molecule has 0 atom stereocenters. The van der Waals surface area contributed by atoms with Crippen molar-refractivity contribution in [1.82, 2.24) is 4.98 Å². The van der Waals surface area contributed by atoms with Crippen molar-refractivity contribution in [3.8, 4) is 5.75 Å². The van der Waals surface area contributed by atoms with Crippen molar-refractivity contribution < 1.29 is 14.6 Å². The fourth-order valence-electron chi connectivity index (χ4n) is 1.85. The molecule has 0 unspecified atom stereocenters. The van der Waals surface area contributed by atoms with Crippen LogP contribution in [0.3, 0.4) is 0 Å². The summed E-state index contributed by atoms with van der Waals surface area (Å²) in [5.74, 6) is -0.894. The van der Waals surface area contributed by atoms with E-state index in [0.29, 0.717) is 26.6 Å². The van der Waals surface area contributed by atoms with Crippen LogP contribution < -0.4 is 4.74 Å². The smallest absolute Gasteiger partial charge is 0.340 e. The van der Waals surface area contributed by atoms with E-state index < -0.39 is 5.97 Å². The number of fused-ring (bicyclic) bond motifs is 1. The minimum absolute atomic E-state index is 0.0180. The molecule has 0 amide bonds. The maximum Gasteiger partial charge on any atom is 0.340 e. The second-order valence-corrected chi connectivity index (χ2v) is 4.54. The zero-order valence-electron chi connectivity index (χ0n) is 9.62. The van der Waals surface area contributed by atoms with Gasteiger partial charge in [-0.3, -0.25) is 0 Å². The molecule has 0 aliphatic carbocycles. The highest BCUT2D eigenvalue weighted by atomic mass is 35.5. The molecule has 1 heterocycles. The molecule has 1 N–H and O–H groups in total. The largest absolute Gasteiger partial charge is 0.494 e. The summed E-state index contributed by atoms with van der Waals surface area (Å²) in [5.41, 5.74) is 0.882. The van der Waals surface area contributed by atoms with Gasteiger partial charge in [-0.25, -0.2) is 9.78 Å². The van der Waals surface area contributed by atoms with E-state index in [4.69, 9.17) is 27.9 Å². The molecule has 94 valence electrons. The third kappa shape index (κ3) is 1.98. The van der Waals surface area contributed by atoms with E-state index in [-0.39, 0.29) is 11.3 Å². The number of halogens is 2. The van der Waals surface area contributed by atoms with Crippen LogP contribution in [0.4, 0.5) is 0 Å². The lowest BCUT2D eigenvalue weighted by Crippen LogP contribution is -2.05. The molecule has 0 radical (unpaired) electrons. The summed E-state index contributed by atoms with van der Waals surface area (Å²) in [7, 11) is 1.40. The molecule has 2 rings (SSSR count). The van der Waals surface area contributed by atoms with Gasteiger partial charge in [0.25, 0.3) is 0 Å². The van der Waals surface area contributed by atoms with Crippen molar-refractivity contribution in [2.45, 2.75) is 6.92 Å². The van der Waals surface area contributed by atoms with E-state index in [1.54, 1.807) is 6.92 Å². The summed E-state index contributed by atoms with van der Waals surface area (Å²) in [4.78, 5) is 15.6. The number of pyridine rings is 1. The van der Waals surface area contributed by atoms with E-state index in [0.717, 1.165) is 0 Å². The lowest BCUT2D eigenvalue weighted by molar-refractivity contribution is 0.0695. The Morgan fingerprint density at radius 3 is 2.61 bits per heavy atom. The van der Waals surface area contributed by atoms with Gasteiger partial charge in [-0.15, -0.1) is 0 Å². The van der Waals surface area contributed by atoms with Crippen LogP contribution in [0.25, 0.3) is 10.9 Å². The average Bonchev–Trinajstić information content (AvgIpc) is 2.28. The van der Waals surface area contributed by atoms with Gasteiger partial charge in [-0.1, -0.05) is 23.2 Å². The van der Waals surface area contributed by atoms with Crippen LogP contribution in [0.5, 0.6) is 5.75 Å². The van der Waals surface area contributed by atoms with Gasteiger partial charge in [0, 0.05) is 10.4 Å². The minimum atomic E-state index is -1.11. The topological polar surface area (TPSA) is 59.4 Å². The van der Waals surface area contributed by atoms with E-state index in [1.165, 1.54) is 19.2 Å². The third-order valence-corrected chi connectivity index (χ3v) is 3.06. The molecular formula is C12H9Cl2NO3. The number of carboxylic acid groups (broad SMARTS) is 1. The molecule has 0 fully saturated rings. The summed E-state index contributed by atoms with van der Waals surface area (Å²) < 4.78 is 5.10. The van der Waals surface area contributed by atoms with Crippen LogP contribution in [0, 0.1) is 6.92 Å². The zero-order valence-corrected chi connectivity index (χ0v) is 11.1. The first-order valence-corrected chi connectivity index (χ1v) is 5.78. The molecule has 0 spiro atoms. The number of benzene rings is 1. The SMILES string of the molecule is COc1c(C)nc2c(Cl)cc(Cl)cc2c1C(=O)O. The number of hydrogen-bond donors (Lipinski definition) is 1. The lowest BCUT2D eigenvalue weighted by Gasteiger charge is -2.12. The quantitative estimate of drug-likeness (QED) is 0.917. The average molecular weight is 286 g/mol. The molecule has 18 heavy (non-hydrogen) atoms. The predicted molar refractivity (Wildman–Crippen MR) is 70.0 cm³/mol. The summed E-state index contributed by atoms with van der Waals surface area (Å²) in [6.45, 7) is 1.66. The van der Waals surface area contributed by atoms with E-state index in [1.807, 2.05) is 0 Å². The molecular weight excluding hydrogens is 277 g/mol. The van der Waals surface area contributed by atoms with Gasteiger partial charge < -0.3 is 9.84 Å². The van der Waals surface area contributed by atoms with Crippen LogP contribution >= 0.6 is 23.2 Å². The fourth-order valence-corrected chi connectivity index (χ4v) is 2.39. The van der Waals surface area contributed by atoms with E-state index in [2.05, 4.69) is 4.98 Å². The van der Waals surface area contributed by atoms with Crippen LogP contribution in [0.1, 0.15) is 16.1 Å². The Hall–Kier alpha value is -1.52. The number of carbonyl (C=O) groups is 1. The molecule has 6 heteroatoms. The number of carboxylic acids is 1. The van der Waals surface area contributed by atoms with Gasteiger partial charge in [0.2, 0.25) is 0 Å². The molecule has 0 saturated carbocycles. The van der Waals surface area contributed by atoms with Gasteiger partial charge in [-0.05, 0) is 19.1 Å². The number of rotatable bonds is 2. The highest BCUT2D eigenvalue weighted by Gasteiger charge is 2.20. The van der Waals surface area contributed by atoms with Crippen molar-refractivity contribution >= 4 is 40.1 Å². The number of aryl methyl sites for hydroxylation is 1. The normalized spacial score (nSPS) is 10.7. The Balaban J connectivity index is 3.01. The maximum atomic E-state index is 11.4. The van der Waals surface area contributed by atoms with Gasteiger partial charge in [-0.2, -0.15) is 0 Å². The zero-order chi connectivity index (χ0) is 13.4. The Morgan fingerprint density at radius 1 is 1.39 bits per heavy atom. The van der Waals surface area contributed by atoms with Crippen LogP contribution in [0.15, 0.2) is 12.1 Å². The highest BCUT2D eigenvalue weighted by Crippen LogP contribution is 2.34. The molecule has 1 aromatic heterocycles. The number of methoxy groups -OCH3 is 1. The standard InChI is InChI=1S/C12H9Cl2NO3/c1-5-11(18-2)9(12(16)17)7-3-6(13)4-8(14)10(7)15-5/h3-4H,1-2H3,(H,16,17). The van der Waals surface area contributed by atoms with Crippen molar-refractivity contribution in [3.63, 3.8) is 0 Å². The van der Waals surface area contributed by atoms with Crippen molar-refractivity contribution in [3.05, 3.63) is 33.4 Å². The molecule has 2 aromatic rings. The van der Waals surface area contributed by atoms with Crippen LogP contribution in [-0.2, 0) is 0 Å². The number of aromatic carboxylic acids is 1. The molecule has 0 bridgehead atoms. The van der Waals surface area contributed by atoms with Crippen molar-refractivity contribution in [1.29, 1.82) is 0 Å². The summed E-state index contributed by atoms with van der Waals surface area (Å²) in [6, 6.07) is 3.04. The number of aromatic nitrogens is 1. The number of ether oxygens (including phenoxy) is 1. The maximum absolute atomic E-state index is 11.4. The second kappa shape index (κ2) is 4.63. The minimum Gasteiger partial charge on any atom is -0.494 e. The first-order chi connectivity index (χ1) is 8.45. The lowest BCUT2D eigenvalue weighted by atomic mass is 10.1. The van der Waals surface area contributed by atoms with Crippen molar-refractivity contribution in [2.24, 2.45) is 0 Å². The Labute approximate surface area is 113 Å². The van der Waals surface area contributed by atoms with Gasteiger partial charge in [0.1, 0.15) is 5.56 Å². The van der Waals surface area contributed by atoms with Crippen LogP contribution in [0.2, 0.25) is 10.0 Å². The number of hydrogen-bond acceptors (Lipinski definition) is 3. The molecule has 4 nitrogen and oxygen atoms in total. The summed E-state index contributed by atoms with van der Waals surface area (Å²) in [5, 5.41) is 10.3. The Kier molecular flexibility index (Phi) is 3.32. The van der Waals surface area contributed by atoms with Crippen molar-refractivity contribution in [2.75, 3.05) is 7.11 Å². The summed E-state index contributed by atoms with van der Waals surface area (Å²) in [6.07, 6.45) is 0. The first-order valence-electron chi connectivity index (χ1n) is 5.02. The van der Waals surface area contributed by atoms with E-state index >= 15 is 0 Å². The first kappa shape index (κ1) is 12.9. The second-order valence-electron chi connectivity index (χ2n) is 3.69.